The zero-order chi connectivity index (χ0) is 52.1. The molecule has 3 N–H and O–H groups in total. The largest absolute Gasteiger partial charge is 0.509 e. The highest BCUT2D eigenvalue weighted by Gasteiger charge is 2.78. The quantitative estimate of drug-likeness (QED) is 0.0431. The molecule has 4 aliphatic rings. The first-order valence-electron chi connectivity index (χ1n) is 24.0. The van der Waals surface area contributed by atoms with Crippen LogP contribution >= 0.6 is 21.6 Å². The lowest BCUT2D eigenvalue weighted by molar-refractivity contribution is -0.347. The molecule has 2 bridgehead atoms. The van der Waals surface area contributed by atoms with Crippen LogP contribution in [0.5, 0.6) is 0 Å². The fraction of sp³-hybridized carbons (Fsp3) is 0.615. The Morgan fingerprint density at radius 3 is 2.18 bits per heavy atom. The molecule has 0 spiro atoms. The summed E-state index contributed by atoms with van der Waals surface area (Å²) in [5, 5.41) is 28.1. The SMILES string of the molecule is CCCCSSCCOC(=O)O[C@@H](C(=O)O[C@H]1C[C@@]2(O)[C@@H](OC(=O)c3ccccc3)[C@@H]3[C@]4(OC(C)=O)CO[C@@H]4C[C@H](OC)[C@@]3(C)C(=O)[C@H](CO)C(=C1C)C2(C)C)[C@@H](NC(=O)OC(C)(C)C)c1ccccc1. The average Bonchev–Trinajstić information content (AvgIpc) is 3.31. The number of amides is 1. The number of unbranched alkanes of at least 4 members (excludes halogenated alkanes) is 1. The Labute approximate surface area is 423 Å². The number of carbonyl (C=O) groups excluding carboxylic acids is 6. The summed E-state index contributed by atoms with van der Waals surface area (Å²) in [6.07, 6.45) is -7.58. The van der Waals surface area contributed by atoms with Gasteiger partial charge in [-0.3, -0.25) is 9.59 Å². The normalized spacial score (nSPS) is 29.5. The Hall–Kier alpha value is -4.66. The van der Waals surface area contributed by atoms with Gasteiger partial charge >= 0.3 is 30.2 Å². The number of aliphatic hydroxyl groups excluding tert-OH is 1. The summed E-state index contributed by atoms with van der Waals surface area (Å²) in [7, 11) is 4.55. The molecule has 1 saturated heterocycles. The zero-order valence-electron chi connectivity index (χ0n) is 42.2. The number of ether oxygens (including phenoxy) is 8. The molecule has 1 amide bonds. The third-order valence-electron chi connectivity index (χ3n) is 14.4. The second-order valence-electron chi connectivity index (χ2n) is 20.3. The molecule has 390 valence electrons. The van der Waals surface area contributed by atoms with Crippen LogP contribution in [0, 0.1) is 22.7 Å². The first-order chi connectivity index (χ1) is 33.5. The molecule has 71 heavy (non-hydrogen) atoms. The summed E-state index contributed by atoms with van der Waals surface area (Å²) >= 11 is 0. The number of methoxy groups -OCH3 is 1. The van der Waals surface area contributed by atoms with E-state index in [2.05, 4.69) is 12.2 Å². The van der Waals surface area contributed by atoms with Crippen LogP contribution in [0.3, 0.4) is 0 Å². The molecular formula is C52H69NO16S2. The Bertz CT molecular complexity index is 2290. The minimum atomic E-state index is -2.32. The lowest BCUT2D eigenvalue weighted by Crippen LogP contribution is -2.81. The van der Waals surface area contributed by atoms with Crippen molar-refractivity contribution in [2.24, 2.45) is 22.7 Å². The predicted octanol–water partition coefficient (Wildman–Crippen LogP) is 7.50. The number of carbonyl (C=O) groups is 6. The molecule has 1 heterocycles. The molecule has 0 unspecified atom stereocenters. The van der Waals surface area contributed by atoms with Gasteiger partial charge in [0.15, 0.2) is 11.4 Å². The maximum atomic E-state index is 15.8. The highest BCUT2D eigenvalue weighted by molar-refractivity contribution is 8.76. The first-order valence-corrected chi connectivity index (χ1v) is 26.5. The highest BCUT2D eigenvalue weighted by Crippen LogP contribution is 2.65. The van der Waals surface area contributed by atoms with Crippen molar-refractivity contribution in [3.05, 3.63) is 82.9 Å². The Balaban J connectivity index is 1.50. The van der Waals surface area contributed by atoms with Gasteiger partial charge in [-0.05, 0) is 69.9 Å². The van der Waals surface area contributed by atoms with E-state index in [1.165, 1.54) is 37.0 Å². The van der Waals surface area contributed by atoms with E-state index in [1.807, 2.05) is 0 Å². The number of Topliss-reactive ketones (excluding diaryl/α,β-unsaturated/α-hetero) is 1. The lowest BCUT2D eigenvalue weighted by Gasteiger charge is -2.68. The summed E-state index contributed by atoms with van der Waals surface area (Å²) < 4.78 is 48.1. The van der Waals surface area contributed by atoms with Crippen molar-refractivity contribution in [3.63, 3.8) is 0 Å². The van der Waals surface area contributed by atoms with Gasteiger partial charge in [0.1, 0.15) is 42.2 Å². The van der Waals surface area contributed by atoms with Crippen LogP contribution in [0.25, 0.3) is 0 Å². The van der Waals surface area contributed by atoms with Crippen molar-refractivity contribution in [2.75, 3.05) is 38.4 Å². The monoisotopic (exact) mass is 1030 g/mol. The summed E-state index contributed by atoms with van der Waals surface area (Å²) in [5.41, 5.74) is -7.38. The van der Waals surface area contributed by atoms with E-state index < -0.39 is 125 Å². The molecule has 2 saturated carbocycles. The maximum Gasteiger partial charge on any atom is 0.509 e. The summed E-state index contributed by atoms with van der Waals surface area (Å²) in [4.78, 5) is 85.7. The van der Waals surface area contributed by atoms with E-state index in [-0.39, 0.29) is 36.3 Å². The number of ketones is 1. The van der Waals surface area contributed by atoms with Gasteiger partial charge in [-0.25, -0.2) is 19.2 Å². The zero-order valence-corrected chi connectivity index (χ0v) is 43.8. The van der Waals surface area contributed by atoms with Crippen LogP contribution < -0.4 is 5.32 Å². The van der Waals surface area contributed by atoms with Gasteiger partial charge in [0.2, 0.25) is 6.10 Å². The van der Waals surface area contributed by atoms with Crippen LogP contribution in [0.15, 0.2) is 71.8 Å². The first kappa shape index (κ1) is 55.7. The lowest BCUT2D eigenvalue weighted by atomic mass is 9.43. The summed E-state index contributed by atoms with van der Waals surface area (Å²) in [6, 6.07) is 14.8. The molecule has 0 aromatic heterocycles. The van der Waals surface area contributed by atoms with Crippen LogP contribution in [-0.2, 0) is 52.3 Å². The minimum absolute atomic E-state index is 0.0692. The van der Waals surface area contributed by atoms with Crippen molar-refractivity contribution in [3.8, 4) is 0 Å². The van der Waals surface area contributed by atoms with Gasteiger partial charge in [0.05, 0.1) is 42.1 Å². The smallest absolute Gasteiger partial charge is 0.455 e. The van der Waals surface area contributed by atoms with Crippen molar-refractivity contribution < 1.29 is 76.9 Å². The van der Waals surface area contributed by atoms with E-state index in [1.54, 1.807) is 108 Å². The van der Waals surface area contributed by atoms with E-state index in [0.717, 1.165) is 18.6 Å². The van der Waals surface area contributed by atoms with Gasteiger partial charge in [-0.15, -0.1) is 0 Å². The van der Waals surface area contributed by atoms with E-state index in [0.29, 0.717) is 11.3 Å². The molecule has 6 rings (SSSR count). The van der Waals surface area contributed by atoms with Crippen LogP contribution in [0.1, 0.15) is 110 Å². The Morgan fingerprint density at radius 2 is 1.61 bits per heavy atom. The molecule has 11 atom stereocenters. The number of hydrogen-bond acceptors (Lipinski definition) is 18. The topological polar surface area (TPSA) is 229 Å². The number of aliphatic hydroxyl groups is 2. The molecule has 1 aliphatic heterocycles. The fourth-order valence-electron chi connectivity index (χ4n) is 11.0. The van der Waals surface area contributed by atoms with Crippen molar-refractivity contribution in [1.29, 1.82) is 0 Å². The third-order valence-corrected chi connectivity index (χ3v) is 16.9. The Kier molecular flexibility index (Phi) is 17.7. The molecule has 3 aliphatic carbocycles. The van der Waals surface area contributed by atoms with Gasteiger partial charge < -0.3 is 53.4 Å². The van der Waals surface area contributed by atoms with Crippen LogP contribution in [0.4, 0.5) is 9.59 Å². The number of hydrogen-bond donors (Lipinski definition) is 3. The van der Waals surface area contributed by atoms with Gasteiger partial charge in [-0.2, -0.15) is 0 Å². The summed E-state index contributed by atoms with van der Waals surface area (Å²) in [6.45, 7) is 13.7. The van der Waals surface area contributed by atoms with Gasteiger partial charge in [0.25, 0.3) is 0 Å². The van der Waals surface area contributed by atoms with E-state index >= 15 is 9.59 Å². The number of fused-ring (bicyclic) bond motifs is 5. The standard InChI is InChI=1S/C52H69NO16S2/c1-11-12-24-70-71-25-23-63-47(60)66-40(39(32-19-15-13-16-20-32)53-46(59)69-48(4,5)6)45(58)65-35-27-52(61)43(67-44(57)33-21-17-14-18-22-33)41-50(9,42(56)34(28-54)38(30(35)2)49(52,7)8)36(62-10)26-37-51(41,29-64-37)68-31(3)55/h13-22,34-37,39-41,43,54,61H,11-12,23-29H2,1-10H3,(H,53,59)/t34-,35+,36+,37-,39+,40-,41+,43+,50-,51+,52-/m1/s1. The minimum Gasteiger partial charge on any atom is -0.455 e. The molecule has 2 aromatic carbocycles. The van der Waals surface area contributed by atoms with Crippen molar-refractivity contribution >= 4 is 57.5 Å². The average molecular weight is 1030 g/mol. The second-order valence-corrected chi connectivity index (χ2v) is 23.0. The molecule has 2 aromatic rings. The van der Waals surface area contributed by atoms with Gasteiger partial charge in [0, 0.05) is 43.8 Å². The van der Waals surface area contributed by atoms with Gasteiger partial charge in [-0.1, -0.05) is 97.3 Å². The Morgan fingerprint density at radius 1 is 0.958 bits per heavy atom. The molecule has 3 fully saturated rings. The van der Waals surface area contributed by atoms with Crippen molar-refractivity contribution in [2.45, 2.75) is 141 Å². The third kappa shape index (κ3) is 11.3. The molecule has 0 radical (unpaired) electrons. The van der Waals surface area contributed by atoms with Crippen LogP contribution in [-0.4, -0.2) is 132 Å². The molecular weight excluding hydrogens is 959 g/mol. The van der Waals surface area contributed by atoms with E-state index in [9.17, 15) is 29.4 Å². The fourth-order valence-corrected chi connectivity index (χ4v) is 13.1. The van der Waals surface area contributed by atoms with E-state index in [4.69, 9.17) is 37.9 Å². The number of esters is 3. The molecule has 19 heteroatoms. The predicted molar refractivity (Wildman–Crippen MR) is 263 cm³/mol. The highest BCUT2D eigenvalue weighted by atomic mass is 33.1. The summed E-state index contributed by atoms with van der Waals surface area (Å²) in [5.74, 6) is -4.81. The van der Waals surface area contributed by atoms with Crippen molar-refractivity contribution in [1.82, 2.24) is 5.32 Å². The second kappa shape index (κ2) is 22.6. The maximum absolute atomic E-state index is 15.8. The van der Waals surface area contributed by atoms with Crippen LogP contribution in [0.2, 0.25) is 0 Å². The number of rotatable bonds is 18. The number of benzene rings is 2. The number of alkyl carbamates (subject to hydrolysis) is 1. The molecule has 17 nitrogen and oxygen atoms in total. The number of nitrogens with one attached hydrogen (secondary N) is 1.